The Labute approximate surface area is 146 Å². The molecule has 0 spiro atoms. The first-order chi connectivity index (χ1) is 11.2. The standard InChI is InChI=1S/C16H20N2O4S2/c1-11(12-5-7-13(8-6-12)24(4,20)21)18(2)16(19)14-10-23-15(17-14)9-22-3/h5-8,10-11H,9H2,1-4H3. The zero-order valence-electron chi connectivity index (χ0n) is 14.0. The molecule has 1 heterocycles. The summed E-state index contributed by atoms with van der Waals surface area (Å²) in [6.45, 7) is 2.26. The number of benzene rings is 1. The molecular weight excluding hydrogens is 348 g/mol. The van der Waals surface area contributed by atoms with Gasteiger partial charge in [-0.3, -0.25) is 4.79 Å². The molecule has 0 aliphatic carbocycles. The quantitative estimate of drug-likeness (QED) is 0.783. The largest absolute Gasteiger partial charge is 0.378 e. The number of carbonyl (C=O) groups excluding carboxylic acids is 1. The highest BCUT2D eigenvalue weighted by atomic mass is 32.2. The maximum absolute atomic E-state index is 12.5. The van der Waals surface area contributed by atoms with E-state index in [9.17, 15) is 13.2 Å². The van der Waals surface area contributed by atoms with Crippen LogP contribution in [0.2, 0.25) is 0 Å². The molecule has 24 heavy (non-hydrogen) atoms. The highest BCUT2D eigenvalue weighted by Crippen LogP contribution is 2.23. The van der Waals surface area contributed by atoms with E-state index in [1.807, 2.05) is 6.92 Å². The SMILES string of the molecule is COCc1nc(C(=O)N(C)C(C)c2ccc(S(C)(=O)=O)cc2)cs1. The van der Waals surface area contributed by atoms with Crippen LogP contribution in [0.15, 0.2) is 34.5 Å². The summed E-state index contributed by atoms with van der Waals surface area (Å²) in [4.78, 5) is 18.6. The Balaban J connectivity index is 2.15. The van der Waals surface area contributed by atoms with Crippen molar-refractivity contribution < 1.29 is 17.9 Å². The predicted octanol–water partition coefficient (Wildman–Crippen LogP) is 2.53. The molecule has 6 nitrogen and oxygen atoms in total. The lowest BCUT2D eigenvalue weighted by Crippen LogP contribution is -2.30. The fraction of sp³-hybridized carbons (Fsp3) is 0.375. The van der Waals surface area contributed by atoms with Gasteiger partial charge in [-0.25, -0.2) is 13.4 Å². The number of ether oxygens (including phenoxy) is 1. The molecule has 0 saturated carbocycles. The van der Waals surface area contributed by atoms with Crippen molar-refractivity contribution in [3.8, 4) is 0 Å². The Kier molecular flexibility index (Phi) is 5.74. The Bertz CT molecular complexity index is 813. The maximum Gasteiger partial charge on any atom is 0.273 e. The van der Waals surface area contributed by atoms with Crippen LogP contribution in [0.1, 0.15) is 34.0 Å². The normalized spacial score (nSPS) is 12.8. The van der Waals surface area contributed by atoms with E-state index in [1.165, 1.54) is 17.6 Å². The van der Waals surface area contributed by atoms with Crippen LogP contribution in [0.25, 0.3) is 0 Å². The van der Waals surface area contributed by atoms with E-state index < -0.39 is 9.84 Å². The monoisotopic (exact) mass is 368 g/mol. The molecule has 0 aliphatic rings. The average molecular weight is 368 g/mol. The van der Waals surface area contributed by atoms with E-state index in [-0.39, 0.29) is 16.8 Å². The summed E-state index contributed by atoms with van der Waals surface area (Å²) < 4.78 is 28.0. The molecule has 1 amide bonds. The lowest BCUT2D eigenvalue weighted by atomic mass is 10.1. The summed E-state index contributed by atoms with van der Waals surface area (Å²) in [7, 11) is 0.0532. The number of nitrogens with zero attached hydrogens (tertiary/aromatic N) is 2. The third kappa shape index (κ3) is 4.19. The van der Waals surface area contributed by atoms with Gasteiger partial charge in [-0.05, 0) is 24.6 Å². The molecule has 0 bridgehead atoms. The fourth-order valence-corrected chi connectivity index (χ4v) is 3.54. The van der Waals surface area contributed by atoms with E-state index in [0.717, 1.165) is 10.6 Å². The molecule has 130 valence electrons. The molecule has 1 atom stereocenters. The summed E-state index contributed by atoms with van der Waals surface area (Å²) in [5.74, 6) is -0.187. The van der Waals surface area contributed by atoms with Gasteiger partial charge in [-0.15, -0.1) is 11.3 Å². The van der Waals surface area contributed by atoms with E-state index in [1.54, 1.807) is 48.7 Å². The summed E-state index contributed by atoms with van der Waals surface area (Å²) in [5, 5.41) is 2.46. The topological polar surface area (TPSA) is 76.6 Å². The Morgan fingerprint density at radius 3 is 2.50 bits per heavy atom. The van der Waals surface area contributed by atoms with E-state index >= 15 is 0 Å². The first kappa shape index (κ1) is 18.6. The van der Waals surface area contributed by atoms with Crippen molar-refractivity contribution in [1.82, 2.24) is 9.88 Å². The van der Waals surface area contributed by atoms with E-state index in [4.69, 9.17) is 4.74 Å². The molecule has 0 fully saturated rings. The van der Waals surface area contributed by atoms with Crippen molar-refractivity contribution >= 4 is 27.1 Å². The molecule has 0 radical (unpaired) electrons. The highest BCUT2D eigenvalue weighted by molar-refractivity contribution is 7.90. The first-order valence-corrected chi connectivity index (χ1v) is 10.0. The van der Waals surface area contributed by atoms with Gasteiger partial charge in [-0.1, -0.05) is 12.1 Å². The van der Waals surface area contributed by atoms with Gasteiger partial charge in [-0.2, -0.15) is 0 Å². The van der Waals surface area contributed by atoms with Gasteiger partial charge in [0.1, 0.15) is 10.7 Å². The van der Waals surface area contributed by atoms with Crippen LogP contribution in [0.3, 0.4) is 0 Å². The minimum Gasteiger partial charge on any atom is -0.378 e. The number of carbonyl (C=O) groups is 1. The van der Waals surface area contributed by atoms with Gasteiger partial charge in [0.15, 0.2) is 9.84 Å². The van der Waals surface area contributed by atoms with E-state index in [0.29, 0.717) is 12.3 Å². The summed E-state index contributed by atoms with van der Waals surface area (Å²) in [6, 6.07) is 6.35. The minimum atomic E-state index is -3.23. The Morgan fingerprint density at radius 2 is 1.96 bits per heavy atom. The third-order valence-corrected chi connectivity index (χ3v) is 5.68. The van der Waals surface area contributed by atoms with Crippen LogP contribution in [0.5, 0.6) is 0 Å². The second kappa shape index (κ2) is 7.42. The number of thiazole rings is 1. The van der Waals surface area contributed by atoms with Gasteiger partial charge in [0.2, 0.25) is 0 Å². The molecule has 0 aliphatic heterocycles. The molecule has 0 saturated heterocycles. The Morgan fingerprint density at radius 1 is 1.33 bits per heavy atom. The molecule has 1 unspecified atom stereocenters. The summed E-state index contributed by atoms with van der Waals surface area (Å²) in [5.41, 5.74) is 1.24. The average Bonchev–Trinajstić information content (AvgIpc) is 3.01. The number of amides is 1. The van der Waals surface area contributed by atoms with E-state index in [2.05, 4.69) is 4.98 Å². The number of sulfone groups is 1. The minimum absolute atomic E-state index is 0.187. The molecule has 1 aromatic carbocycles. The second-order valence-electron chi connectivity index (χ2n) is 5.49. The van der Waals surface area contributed by atoms with Crippen LogP contribution in [0.4, 0.5) is 0 Å². The van der Waals surface area contributed by atoms with Gasteiger partial charge in [0.05, 0.1) is 17.5 Å². The third-order valence-electron chi connectivity index (χ3n) is 3.73. The number of hydrogen-bond acceptors (Lipinski definition) is 6. The van der Waals surface area contributed by atoms with Crippen LogP contribution in [-0.4, -0.2) is 44.6 Å². The van der Waals surface area contributed by atoms with Crippen LogP contribution < -0.4 is 0 Å². The van der Waals surface area contributed by atoms with Gasteiger partial charge < -0.3 is 9.64 Å². The summed E-state index contributed by atoms with van der Waals surface area (Å²) in [6.07, 6.45) is 1.17. The van der Waals surface area contributed by atoms with Crippen LogP contribution in [0, 0.1) is 0 Å². The van der Waals surface area contributed by atoms with Gasteiger partial charge >= 0.3 is 0 Å². The second-order valence-corrected chi connectivity index (χ2v) is 8.45. The van der Waals surface area contributed by atoms with Crippen LogP contribution >= 0.6 is 11.3 Å². The Hall–Kier alpha value is -1.77. The molecule has 1 aromatic heterocycles. The van der Waals surface area contributed by atoms with Crippen molar-refractivity contribution in [2.45, 2.75) is 24.5 Å². The zero-order chi connectivity index (χ0) is 17.9. The van der Waals surface area contributed by atoms with Gasteiger partial charge in [0, 0.05) is 25.8 Å². The molecule has 0 N–H and O–H groups in total. The number of aromatic nitrogens is 1. The van der Waals surface area contributed by atoms with Gasteiger partial charge in [0.25, 0.3) is 5.91 Å². The lowest BCUT2D eigenvalue weighted by molar-refractivity contribution is 0.0737. The predicted molar refractivity (Wildman–Crippen MR) is 92.9 cm³/mol. The van der Waals surface area contributed by atoms with Crippen LogP contribution in [-0.2, 0) is 21.2 Å². The number of hydrogen-bond donors (Lipinski definition) is 0. The lowest BCUT2D eigenvalue weighted by Gasteiger charge is -2.24. The van der Waals surface area contributed by atoms with Crippen molar-refractivity contribution in [1.29, 1.82) is 0 Å². The molecule has 2 aromatic rings. The fourth-order valence-electron chi connectivity index (χ4n) is 2.17. The van der Waals surface area contributed by atoms with Crippen molar-refractivity contribution in [3.05, 3.63) is 45.9 Å². The number of methoxy groups -OCH3 is 1. The number of rotatable bonds is 6. The summed E-state index contributed by atoms with van der Waals surface area (Å²) >= 11 is 1.38. The van der Waals surface area contributed by atoms with Crippen molar-refractivity contribution in [3.63, 3.8) is 0 Å². The molecule has 8 heteroatoms. The first-order valence-electron chi connectivity index (χ1n) is 7.24. The van der Waals surface area contributed by atoms with Crippen molar-refractivity contribution in [2.75, 3.05) is 20.4 Å². The highest BCUT2D eigenvalue weighted by Gasteiger charge is 2.21. The molecule has 2 rings (SSSR count). The van der Waals surface area contributed by atoms with Crippen molar-refractivity contribution in [2.24, 2.45) is 0 Å². The smallest absolute Gasteiger partial charge is 0.273 e. The zero-order valence-corrected chi connectivity index (χ0v) is 15.6. The molecular formula is C16H20N2O4S2. The maximum atomic E-state index is 12.5.